The molecule has 2 heteroatoms. The Balaban J connectivity index is 2.90. The van der Waals surface area contributed by atoms with E-state index in [0.717, 1.165) is 5.56 Å². The summed E-state index contributed by atoms with van der Waals surface area (Å²) < 4.78 is 0. The monoisotopic (exact) mass is 190 g/mol. The summed E-state index contributed by atoms with van der Waals surface area (Å²) in [6.07, 6.45) is 3.63. The Hall–Kier alpha value is -1.57. The predicted octanol–water partition coefficient (Wildman–Crippen LogP) is 2.69. The maximum absolute atomic E-state index is 11.0. The van der Waals surface area contributed by atoms with Crippen LogP contribution >= 0.6 is 0 Å². The fourth-order valence-electron chi connectivity index (χ4n) is 1.11. The van der Waals surface area contributed by atoms with E-state index in [1.165, 1.54) is 6.08 Å². The molecule has 0 aromatic heterocycles. The highest BCUT2D eigenvalue weighted by Crippen LogP contribution is 2.19. The normalized spacial score (nSPS) is 10.7. The van der Waals surface area contributed by atoms with Crippen LogP contribution in [-0.2, 0) is 4.79 Å². The number of carbonyl (C=O) groups excluding carboxylic acids is 1. The molecule has 1 N–H and O–H groups in total. The quantitative estimate of drug-likeness (QED) is 0.744. The lowest BCUT2D eigenvalue weighted by Crippen LogP contribution is -1.87. The van der Waals surface area contributed by atoms with E-state index in [1.54, 1.807) is 12.1 Å². The van der Waals surface area contributed by atoms with Gasteiger partial charge in [0.15, 0.2) is 5.78 Å². The molecule has 1 rings (SSSR count). The van der Waals surface area contributed by atoms with Gasteiger partial charge in [-0.3, -0.25) is 4.79 Å². The van der Waals surface area contributed by atoms with Crippen molar-refractivity contribution in [3.63, 3.8) is 0 Å². The molecule has 1 aromatic rings. The molecule has 0 radical (unpaired) electrons. The lowest BCUT2D eigenvalue weighted by atomic mass is 10.1. The van der Waals surface area contributed by atoms with Gasteiger partial charge in [-0.1, -0.05) is 18.6 Å². The molecule has 1 aromatic carbocycles. The first kappa shape index (κ1) is 10.5. The van der Waals surface area contributed by atoms with Crippen LogP contribution in [0.4, 0.5) is 0 Å². The third-order valence-corrected chi connectivity index (χ3v) is 1.98. The van der Waals surface area contributed by atoms with Crippen LogP contribution in [0.25, 0.3) is 6.08 Å². The molecule has 2 nitrogen and oxygen atoms in total. The second-order valence-electron chi connectivity index (χ2n) is 3.22. The van der Waals surface area contributed by atoms with Crippen LogP contribution in [0.15, 0.2) is 24.3 Å². The van der Waals surface area contributed by atoms with Crippen molar-refractivity contribution in [2.45, 2.75) is 20.3 Å². The van der Waals surface area contributed by atoms with Crippen molar-refractivity contribution >= 4 is 11.9 Å². The Kier molecular flexibility index (Phi) is 3.46. The van der Waals surface area contributed by atoms with Gasteiger partial charge in [-0.25, -0.2) is 0 Å². The molecule has 0 saturated carbocycles. The summed E-state index contributed by atoms with van der Waals surface area (Å²) in [6, 6.07) is 5.30. The van der Waals surface area contributed by atoms with Crippen molar-refractivity contribution in [2.75, 3.05) is 0 Å². The van der Waals surface area contributed by atoms with Crippen molar-refractivity contribution in [1.29, 1.82) is 0 Å². The Morgan fingerprint density at radius 3 is 2.86 bits per heavy atom. The fourth-order valence-corrected chi connectivity index (χ4v) is 1.11. The summed E-state index contributed by atoms with van der Waals surface area (Å²) in [4.78, 5) is 11.0. The number of rotatable bonds is 3. The Morgan fingerprint density at radius 1 is 1.50 bits per heavy atom. The summed E-state index contributed by atoms with van der Waals surface area (Å²) in [7, 11) is 0. The average Bonchev–Trinajstić information content (AvgIpc) is 2.19. The molecule has 0 aliphatic rings. The molecular formula is C12H14O2. The first-order chi connectivity index (χ1) is 6.63. The number of hydrogen-bond acceptors (Lipinski definition) is 2. The van der Waals surface area contributed by atoms with E-state index in [1.807, 2.05) is 26.0 Å². The minimum atomic E-state index is 0.0610. The zero-order chi connectivity index (χ0) is 10.6. The van der Waals surface area contributed by atoms with Crippen LogP contribution < -0.4 is 0 Å². The minimum Gasteiger partial charge on any atom is -0.507 e. The topological polar surface area (TPSA) is 37.3 Å². The number of allylic oxidation sites excluding steroid dienone is 1. The molecule has 0 fully saturated rings. The highest BCUT2D eigenvalue weighted by Gasteiger charge is 1.97. The molecule has 0 bridgehead atoms. The van der Waals surface area contributed by atoms with Crippen molar-refractivity contribution in [1.82, 2.24) is 0 Å². The molecule has 0 amide bonds. The van der Waals surface area contributed by atoms with Gasteiger partial charge in [-0.15, -0.1) is 0 Å². The molecule has 74 valence electrons. The summed E-state index contributed by atoms with van der Waals surface area (Å²) in [6.45, 7) is 3.75. The highest BCUT2D eigenvalue weighted by molar-refractivity contribution is 5.93. The van der Waals surface area contributed by atoms with Crippen LogP contribution in [0.5, 0.6) is 5.75 Å². The number of benzene rings is 1. The predicted molar refractivity (Wildman–Crippen MR) is 57.2 cm³/mol. The van der Waals surface area contributed by atoms with E-state index < -0.39 is 0 Å². The summed E-state index contributed by atoms with van der Waals surface area (Å²) in [5, 5.41) is 9.46. The van der Waals surface area contributed by atoms with Crippen molar-refractivity contribution in [2.24, 2.45) is 0 Å². The first-order valence-corrected chi connectivity index (χ1v) is 4.64. The molecule has 0 aliphatic carbocycles. The standard InChI is InChI=1S/C12H14O2/c1-3-11(13)6-5-10-8-9(2)4-7-12(10)14/h4-8,14H,3H2,1-2H3/b6-5+. The van der Waals surface area contributed by atoms with E-state index >= 15 is 0 Å². The molecule has 0 spiro atoms. The van der Waals surface area contributed by atoms with Gasteiger partial charge in [-0.2, -0.15) is 0 Å². The maximum Gasteiger partial charge on any atom is 0.155 e. The second-order valence-corrected chi connectivity index (χ2v) is 3.22. The number of phenols is 1. The van der Waals surface area contributed by atoms with E-state index in [4.69, 9.17) is 0 Å². The zero-order valence-electron chi connectivity index (χ0n) is 8.45. The lowest BCUT2D eigenvalue weighted by molar-refractivity contribution is -0.114. The molecule has 0 unspecified atom stereocenters. The summed E-state index contributed by atoms with van der Waals surface area (Å²) in [5.74, 6) is 0.265. The molecule has 0 atom stereocenters. The number of hydrogen-bond donors (Lipinski definition) is 1. The molecule has 0 aliphatic heterocycles. The van der Waals surface area contributed by atoms with Crippen LogP contribution in [0.3, 0.4) is 0 Å². The summed E-state index contributed by atoms with van der Waals surface area (Å²) >= 11 is 0. The fraction of sp³-hybridized carbons (Fsp3) is 0.250. The van der Waals surface area contributed by atoms with Crippen molar-refractivity contribution in [3.8, 4) is 5.75 Å². The summed E-state index contributed by atoms with van der Waals surface area (Å²) in [5.41, 5.74) is 1.75. The first-order valence-electron chi connectivity index (χ1n) is 4.64. The molecular weight excluding hydrogens is 176 g/mol. The number of ketones is 1. The molecule has 0 saturated heterocycles. The zero-order valence-corrected chi connectivity index (χ0v) is 8.45. The van der Waals surface area contributed by atoms with E-state index in [9.17, 15) is 9.90 Å². The van der Waals surface area contributed by atoms with Gasteiger partial charge in [0, 0.05) is 12.0 Å². The van der Waals surface area contributed by atoms with E-state index in [0.29, 0.717) is 12.0 Å². The second kappa shape index (κ2) is 4.61. The average molecular weight is 190 g/mol. The highest BCUT2D eigenvalue weighted by atomic mass is 16.3. The van der Waals surface area contributed by atoms with Gasteiger partial charge >= 0.3 is 0 Å². The van der Waals surface area contributed by atoms with Crippen LogP contribution in [0, 0.1) is 6.92 Å². The third-order valence-electron chi connectivity index (χ3n) is 1.98. The molecule has 0 heterocycles. The van der Waals surface area contributed by atoms with E-state index in [-0.39, 0.29) is 11.5 Å². The maximum atomic E-state index is 11.0. The largest absolute Gasteiger partial charge is 0.507 e. The van der Waals surface area contributed by atoms with E-state index in [2.05, 4.69) is 0 Å². The number of aromatic hydroxyl groups is 1. The Morgan fingerprint density at radius 2 is 2.21 bits per heavy atom. The van der Waals surface area contributed by atoms with Gasteiger partial charge in [0.2, 0.25) is 0 Å². The minimum absolute atomic E-state index is 0.0610. The van der Waals surface area contributed by atoms with Gasteiger partial charge in [0.1, 0.15) is 5.75 Å². The van der Waals surface area contributed by atoms with Crippen LogP contribution in [-0.4, -0.2) is 10.9 Å². The number of phenolic OH excluding ortho intramolecular Hbond substituents is 1. The number of carbonyl (C=O) groups is 1. The Labute approximate surface area is 83.9 Å². The molecule has 14 heavy (non-hydrogen) atoms. The van der Waals surface area contributed by atoms with Gasteiger partial charge in [-0.05, 0) is 31.2 Å². The van der Waals surface area contributed by atoms with Crippen LogP contribution in [0.1, 0.15) is 24.5 Å². The van der Waals surface area contributed by atoms with Gasteiger partial charge in [0.05, 0.1) is 0 Å². The Bertz CT molecular complexity index is 365. The number of aryl methyl sites for hydroxylation is 1. The third kappa shape index (κ3) is 2.73. The SMILES string of the molecule is CCC(=O)/C=C/c1cc(C)ccc1O. The smallest absolute Gasteiger partial charge is 0.155 e. The van der Waals surface area contributed by atoms with Gasteiger partial charge in [0.25, 0.3) is 0 Å². The van der Waals surface area contributed by atoms with Crippen molar-refractivity contribution in [3.05, 3.63) is 35.4 Å². The lowest BCUT2D eigenvalue weighted by Gasteiger charge is -1.99. The van der Waals surface area contributed by atoms with Gasteiger partial charge < -0.3 is 5.11 Å². The van der Waals surface area contributed by atoms with Crippen molar-refractivity contribution < 1.29 is 9.90 Å². The van der Waals surface area contributed by atoms with Crippen LogP contribution in [0.2, 0.25) is 0 Å².